The second-order valence-corrected chi connectivity index (χ2v) is 7.86. The minimum Gasteiger partial charge on any atom is -0.334 e. The third-order valence-corrected chi connectivity index (χ3v) is 5.98. The van der Waals surface area contributed by atoms with Gasteiger partial charge in [0.15, 0.2) is 5.82 Å². The molecule has 2 aromatic rings. The number of amides is 2. The Balaban J connectivity index is 1.64. The Hall–Kier alpha value is -2.70. The molecular weight excluding hydrogens is 371 g/mol. The molecule has 1 unspecified atom stereocenters. The summed E-state index contributed by atoms with van der Waals surface area (Å²) < 4.78 is 15.0. The van der Waals surface area contributed by atoms with E-state index in [-0.39, 0.29) is 29.5 Å². The number of fused-ring (bicyclic) bond motifs is 1. The zero-order valence-corrected chi connectivity index (χ0v) is 16.8. The highest BCUT2D eigenvalue weighted by Gasteiger charge is 2.33. The van der Waals surface area contributed by atoms with E-state index in [2.05, 4.69) is 17.2 Å². The highest BCUT2D eigenvalue weighted by atomic mass is 19.1. The van der Waals surface area contributed by atoms with Crippen LogP contribution in [0.15, 0.2) is 24.3 Å². The molecule has 1 aromatic heterocycles. The van der Waals surface area contributed by atoms with Crippen molar-refractivity contribution in [1.29, 1.82) is 0 Å². The van der Waals surface area contributed by atoms with Crippen LogP contribution in [0.25, 0.3) is 0 Å². The van der Waals surface area contributed by atoms with Gasteiger partial charge in [0.1, 0.15) is 11.5 Å². The van der Waals surface area contributed by atoms with Crippen molar-refractivity contribution >= 4 is 17.5 Å². The molecule has 154 valence electrons. The molecule has 2 amide bonds. The third kappa shape index (κ3) is 3.91. The first-order chi connectivity index (χ1) is 14.1. The maximum Gasteiger partial charge on any atom is 0.291 e. The van der Waals surface area contributed by atoms with Gasteiger partial charge in [-0.15, -0.1) is 0 Å². The minimum atomic E-state index is -0.371. The van der Waals surface area contributed by atoms with Gasteiger partial charge in [-0.1, -0.05) is 6.92 Å². The Morgan fingerprint density at radius 2 is 1.90 bits per heavy atom. The molecule has 1 saturated heterocycles. The fourth-order valence-electron chi connectivity index (χ4n) is 4.44. The number of hydrogen-bond donors (Lipinski definition) is 1. The molecule has 1 fully saturated rings. The number of likely N-dealkylation sites (tertiary alicyclic amines) is 1. The van der Waals surface area contributed by atoms with E-state index in [1.807, 2.05) is 9.47 Å². The molecule has 29 heavy (non-hydrogen) atoms. The van der Waals surface area contributed by atoms with Gasteiger partial charge < -0.3 is 14.8 Å². The first kappa shape index (κ1) is 19.6. The number of nitrogens with one attached hydrogen (secondary N) is 1. The van der Waals surface area contributed by atoms with Crippen molar-refractivity contribution in [2.75, 3.05) is 11.9 Å². The number of carbonyl (C=O) groups is 2. The van der Waals surface area contributed by atoms with E-state index >= 15 is 0 Å². The molecule has 3 heterocycles. The Bertz CT molecular complexity index is 906. The summed E-state index contributed by atoms with van der Waals surface area (Å²) in [4.78, 5) is 32.7. The Kier molecular flexibility index (Phi) is 5.65. The summed E-state index contributed by atoms with van der Waals surface area (Å²) in [5.41, 5.74) is 1.79. The van der Waals surface area contributed by atoms with Crippen molar-refractivity contribution < 1.29 is 14.0 Å². The number of nitrogens with zero attached hydrogens (tertiary/aromatic N) is 3. The molecule has 2 aliphatic rings. The van der Waals surface area contributed by atoms with Gasteiger partial charge in [-0.2, -0.15) is 0 Å². The lowest BCUT2D eigenvalue weighted by Crippen LogP contribution is -2.44. The van der Waals surface area contributed by atoms with E-state index in [1.165, 1.54) is 24.3 Å². The summed E-state index contributed by atoms with van der Waals surface area (Å²) in [6, 6.07) is 5.87. The fourth-order valence-corrected chi connectivity index (χ4v) is 4.44. The number of halogens is 1. The molecule has 6 nitrogen and oxygen atoms in total. The van der Waals surface area contributed by atoms with Crippen molar-refractivity contribution in [3.63, 3.8) is 0 Å². The predicted octanol–water partition coefficient (Wildman–Crippen LogP) is 4.02. The Labute approximate surface area is 170 Å². The summed E-state index contributed by atoms with van der Waals surface area (Å²) in [7, 11) is 0. The number of hydrogen-bond acceptors (Lipinski definition) is 3. The molecule has 0 bridgehead atoms. The number of aromatic nitrogens is 2. The molecule has 0 saturated carbocycles. The van der Waals surface area contributed by atoms with Crippen LogP contribution < -0.4 is 5.32 Å². The largest absolute Gasteiger partial charge is 0.334 e. The molecule has 1 N–H and O–H groups in total. The van der Waals surface area contributed by atoms with E-state index in [1.54, 1.807) is 0 Å². The standard InChI is InChI=1S/C22H27FN4O2/c1-2-17-7-3-5-13-26(17)22(29)19-18-8-4-6-14-27(18)20(25-19)21(28)24-16-11-9-15(23)10-12-16/h9-12,17H,2-8,13-14H2,1H3,(H,24,28). The molecule has 1 atom stereocenters. The number of rotatable bonds is 4. The van der Waals surface area contributed by atoms with E-state index in [9.17, 15) is 14.0 Å². The highest BCUT2D eigenvalue weighted by molar-refractivity contribution is 6.03. The van der Waals surface area contributed by atoms with E-state index in [0.717, 1.165) is 57.2 Å². The van der Waals surface area contributed by atoms with Gasteiger partial charge in [0, 0.05) is 24.8 Å². The number of carbonyl (C=O) groups excluding carboxylic acids is 2. The van der Waals surface area contributed by atoms with Crippen LogP contribution in [0.1, 0.15) is 72.3 Å². The summed E-state index contributed by atoms with van der Waals surface area (Å²) in [5, 5.41) is 2.77. The van der Waals surface area contributed by atoms with Gasteiger partial charge in [-0.3, -0.25) is 9.59 Å². The smallest absolute Gasteiger partial charge is 0.291 e. The second kappa shape index (κ2) is 8.35. The van der Waals surface area contributed by atoms with Crippen LogP contribution in [0.2, 0.25) is 0 Å². The topological polar surface area (TPSA) is 67.2 Å². The molecule has 1 aromatic carbocycles. The number of benzene rings is 1. The fraction of sp³-hybridized carbons (Fsp3) is 0.500. The van der Waals surface area contributed by atoms with Crippen molar-refractivity contribution in [2.24, 2.45) is 0 Å². The highest BCUT2D eigenvalue weighted by Crippen LogP contribution is 2.26. The van der Waals surface area contributed by atoms with Crippen LogP contribution in [-0.4, -0.2) is 38.9 Å². The maximum atomic E-state index is 13.3. The van der Waals surface area contributed by atoms with Crippen LogP contribution >= 0.6 is 0 Å². The van der Waals surface area contributed by atoms with Crippen molar-refractivity contribution in [1.82, 2.24) is 14.5 Å². The van der Waals surface area contributed by atoms with Gasteiger partial charge in [-0.25, -0.2) is 9.37 Å². The van der Waals surface area contributed by atoms with Crippen molar-refractivity contribution in [3.05, 3.63) is 47.3 Å². The number of piperidine rings is 1. The molecule has 0 radical (unpaired) electrons. The summed E-state index contributed by atoms with van der Waals surface area (Å²) in [5.74, 6) is -0.522. The van der Waals surface area contributed by atoms with Gasteiger partial charge in [0.25, 0.3) is 11.8 Å². The average molecular weight is 398 g/mol. The van der Waals surface area contributed by atoms with Crippen molar-refractivity contribution in [2.45, 2.75) is 64.5 Å². The summed E-state index contributed by atoms with van der Waals surface area (Å²) >= 11 is 0. The van der Waals surface area contributed by atoms with Gasteiger partial charge in [0.05, 0.1) is 5.69 Å². The first-order valence-corrected chi connectivity index (χ1v) is 10.6. The summed E-state index contributed by atoms with van der Waals surface area (Å²) in [6.45, 7) is 3.54. The number of imidazole rings is 1. The number of anilines is 1. The molecule has 2 aliphatic heterocycles. The Morgan fingerprint density at radius 3 is 2.66 bits per heavy atom. The third-order valence-electron chi connectivity index (χ3n) is 5.98. The minimum absolute atomic E-state index is 0.0527. The normalized spacial score (nSPS) is 19.0. The van der Waals surface area contributed by atoms with Gasteiger partial charge in [-0.05, 0) is 69.2 Å². The lowest BCUT2D eigenvalue weighted by molar-refractivity contribution is 0.0600. The van der Waals surface area contributed by atoms with Crippen molar-refractivity contribution in [3.8, 4) is 0 Å². The maximum absolute atomic E-state index is 13.3. The predicted molar refractivity (Wildman–Crippen MR) is 108 cm³/mol. The molecule has 7 heteroatoms. The monoisotopic (exact) mass is 398 g/mol. The molecule has 4 rings (SSSR count). The van der Waals surface area contributed by atoms with Crippen LogP contribution in [-0.2, 0) is 13.0 Å². The van der Waals surface area contributed by atoms with E-state index in [0.29, 0.717) is 17.9 Å². The van der Waals surface area contributed by atoms with Crippen LogP contribution in [0.5, 0.6) is 0 Å². The van der Waals surface area contributed by atoms with E-state index in [4.69, 9.17) is 0 Å². The molecule has 0 aliphatic carbocycles. The SMILES string of the molecule is CCC1CCCCN1C(=O)c1nc(C(=O)Nc2ccc(F)cc2)n2c1CCCC2. The Morgan fingerprint density at radius 1 is 1.14 bits per heavy atom. The zero-order chi connectivity index (χ0) is 20.4. The summed E-state index contributed by atoms with van der Waals surface area (Å²) in [6.07, 6.45) is 6.81. The van der Waals surface area contributed by atoms with Crippen LogP contribution in [0.4, 0.5) is 10.1 Å². The lowest BCUT2D eigenvalue weighted by Gasteiger charge is -2.35. The quantitative estimate of drug-likeness (QED) is 0.846. The zero-order valence-electron chi connectivity index (χ0n) is 16.8. The van der Waals surface area contributed by atoms with Crippen LogP contribution in [0.3, 0.4) is 0 Å². The van der Waals surface area contributed by atoms with Gasteiger partial charge in [0.2, 0.25) is 0 Å². The first-order valence-electron chi connectivity index (χ1n) is 10.6. The van der Waals surface area contributed by atoms with E-state index < -0.39 is 0 Å². The second-order valence-electron chi connectivity index (χ2n) is 7.86. The van der Waals surface area contributed by atoms with Gasteiger partial charge >= 0.3 is 0 Å². The molecule has 0 spiro atoms. The lowest BCUT2D eigenvalue weighted by atomic mass is 9.99. The van der Waals surface area contributed by atoms with Crippen LogP contribution in [0, 0.1) is 5.82 Å². The molecular formula is C22H27FN4O2. The average Bonchev–Trinajstić information content (AvgIpc) is 3.14.